The van der Waals surface area contributed by atoms with E-state index in [2.05, 4.69) is 15.5 Å². The van der Waals surface area contributed by atoms with E-state index in [0.29, 0.717) is 18.4 Å². The molecule has 2 aromatic rings. The first-order valence-electron chi connectivity index (χ1n) is 8.01. The Bertz CT molecular complexity index is 873. The molecule has 1 aromatic carbocycles. The lowest BCUT2D eigenvalue weighted by atomic mass is 10.0. The third-order valence-corrected chi connectivity index (χ3v) is 4.02. The maximum Gasteiger partial charge on any atom is 0.293 e. The molecular formula is C17H20N4O4. The number of aryl methyl sites for hydroxylation is 1. The quantitative estimate of drug-likeness (QED) is 0.453. The van der Waals surface area contributed by atoms with Crippen LogP contribution in [-0.2, 0) is 19.4 Å². The van der Waals surface area contributed by atoms with E-state index in [1.165, 1.54) is 25.1 Å². The zero-order valence-corrected chi connectivity index (χ0v) is 14.4. The maximum atomic E-state index is 12.1. The van der Waals surface area contributed by atoms with Gasteiger partial charge >= 0.3 is 0 Å². The third kappa shape index (κ3) is 3.90. The minimum atomic E-state index is -0.552. The van der Waals surface area contributed by atoms with Crippen LogP contribution >= 0.6 is 0 Å². The number of hydrogen-bond donors (Lipinski definition) is 2. The summed E-state index contributed by atoms with van der Waals surface area (Å²) in [6.07, 6.45) is 1.32. The van der Waals surface area contributed by atoms with Crippen LogP contribution in [0.15, 0.2) is 23.0 Å². The summed E-state index contributed by atoms with van der Waals surface area (Å²) < 4.78 is 0. The fourth-order valence-corrected chi connectivity index (χ4v) is 2.70. The summed E-state index contributed by atoms with van der Waals surface area (Å²) in [7, 11) is 0. The van der Waals surface area contributed by atoms with E-state index in [4.69, 9.17) is 0 Å². The van der Waals surface area contributed by atoms with Gasteiger partial charge in [0.1, 0.15) is 5.69 Å². The topological polar surface area (TPSA) is 118 Å². The highest BCUT2D eigenvalue weighted by molar-refractivity contribution is 5.95. The molecule has 0 atom stereocenters. The molecule has 8 heteroatoms. The van der Waals surface area contributed by atoms with E-state index < -0.39 is 4.92 Å². The van der Waals surface area contributed by atoms with Crippen LogP contribution < -0.4 is 10.9 Å². The van der Waals surface area contributed by atoms with Gasteiger partial charge < -0.3 is 5.32 Å². The van der Waals surface area contributed by atoms with Crippen LogP contribution in [0.4, 0.5) is 11.4 Å². The van der Waals surface area contributed by atoms with E-state index in [0.717, 1.165) is 11.3 Å². The minimum Gasteiger partial charge on any atom is -0.375 e. The second-order valence-electron chi connectivity index (χ2n) is 5.56. The van der Waals surface area contributed by atoms with Crippen molar-refractivity contribution in [3.8, 4) is 0 Å². The largest absolute Gasteiger partial charge is 0.375 e. The number of carbonyl (C=O) groups excluding carboxylic acids is 1. The number of nitro groups is 1. The first-order valence-corrected chi connectivity index (χ1v) is 8.01. The number of benzene rings is 1. The van der Waals surface area contributed by atoms with Crippen LogP contribution in [0, 0.1) is 10.1 Å². The van der Waals surface area contributed by atoms with Crippen LogP contribution in [0.2, 0.25) is 0 Å². The van der Waals surface area contributed by atoms with Crippen LogP contribution in [0.3, 0.4) is 0 Å². The fraction of sp³-hybridized carbons (Fsp3) is 0.353. The number of carbonyl (C=O) groups is 1. The Hall–Kier alpha value is -3.03. The number of H-pyrrole nitrogens is 1. The third-order valence-electron chi connectivity index (χ3n) is 4.02. The van der Waals surface area contributed by atoms with Gasteiger partial charge in [0.05, 0.1) is 10.6 Å². The maximum absolute atomic E-state index is 12.1. The fourth-order valence-electron chi connectivity index (χ4n) is 2.70. The van der Waals surface area contributed by atoms with Gasteiger partial charge in [0.15, 0.2) is 5.78 Å². The van der Waals surface area contributed by atoms with Crippen molar-refractivity contribution >= 4 is 17.2 Å². The summed E-state index contributed by atoms with van der Waals surface area (Å²) in [6, 6.07) is 4.24. The molecule has 0 bridgehead atoms. The minimum absolute atomic E-state index is 0.133. The number of nitrogens with one attached hydrogen (secondary N) is 2. The molecule has 132 valence electrons. The Kier molecular flexibility index (Phi) is 5.63. The van der Waals surface area contributed by atoms with E-state index in [1.807, 2.05) is 13.8 Å². The van der Waals surface area contributed by atoms with Gasteiger partial charge in [0.2, 0.25) is 0 Å². The monoisotopic (exact) mass is 344 g/mol. The van der Waals surface area contributed by atoms with Crippen molar-refractivity contribution in [2.24, 2.45) is 0 Å². The summed E-state index contributed by atoms with van der Waals surface area (Å²) in [5.41, 5.74) is 2.17. The molecule has 0 saturated heterocycles. The van der Waals surface area contributed by atoms with Crippen molar-refractivity contribution in [1.29, 1.82) is 0 Å². The molecule has 8 nitrogen and oxygen atoms in total. The second-order valence-corrected chi connectivity index (χ2v) is 5.56. The van der Waals surface area contributed by atoms with E-state index in [9.17, 15) is 19.7 Å². The van der Waals surface area contributed by atoms with Crippen LogP contribution in [-0.4, -0.2) is 20.9 Å². The van der Waals surface area contributed by atoms with Gasteiger partial charge in [0, 0.05) is 23.7 Å². The molecule has 0 saturated carbocycles. The number of aromatic nitrogens is 2. The zero-order chi connectivity index (χ0) is 18.6. The van der Waals surface area contributed by atoms with Crippen LogP contribution in [0.5, 0.6) is 0 Å². The first-order chi connectivity index (χ1) is 11.9. The first kappa shape index (κ1) is 18.3. The highest BCUT2D eigenvalue weighted by Gasteiger charge is 2.18. The molecule has 0 fully saturated rings. The molecule has 2 N–H and O–H groups in total. The molecule has 2 rings (SSSR count). The molecule has 0 spiro atoms. The number of hydrogen-bond acceptors (Lipinski definition) is 6. The smallest absolute Gasteiger partial charge is 0.293 e. The van der Waals surface area contributed by atoms with Crippen molar-refractivity contribution in [3.05, 3.63) is 61.1 Å². The predicted molar refractivity (Wildman–Crippen MR) is 94.0 cm³/mol. The average molecular weight is 344 g/mol. The van der Waals surface area contributed by atoms with Crippen molar-refractivity contribution < 1.29 is 9.72 Å². The Morgan fingerprint density at radius 1 is 1.28 bits per heavy atom. The number of aromatic amines is 1. The molecule has 25 heavy (non-hydrogen) atoms. The van der Waals surface area contributed by atoms with Gasteiger partial charge in [-0.3, -0.25) is 19.7 Å². The molecule has 0 radical (unpaired) electrons. The lowest BCUT2D eigenvalue weighted by molar-refractivity contribution is -0.384. The van der Waals surface area contributed by atoms with Gasteiger partial charge in [-0.05, 0) is 37.5 Å². The Balaban J connectivity index is 2.38. The summed E-state index contributed by atoms with van der Waals surface area (Å²) in [4.78, 5) is 34.3. The Morgan fingerprint density at radius 2 is 2.00 bits per heavy atom. The van der Waals surface area contributed by atoms with Crippen molar-refractivity contribution in [2.75, 3.05) is 5.32 Å². The molecule has 0 aliphatic rings. The van der Waals surface area contributed by atoms with Crippen molar-refractivity contribution in [1.82, 2.24) is 10.2 Å². The number of ketones is 1. The average Bonchev–Trinajstić information content (AvgIpc) is 2.59. The summed E-state index contributed by atoms with van der Waals surface area (Å²) in [6.45, 7) is 5.36. The standard InChI is InChI=1S/C17H20N4O4/c1-4-12-13(17(23)20-19-14(12)5-2)9-18-15-7-6-11(10(3)22)8-16(15)21(24)25/h6-8,18H,4-5,9H2,1-3H3,(H,20,23). The van der Waals surface area contributed by atoms with Crippen molar-refractivity contribution in [2.45, 2.75) is 40.2 Å². The molecule has 1 aromatic heterocycles. The highest BCUT2D eigenvalue weighted by Crippen LogP contribution is 2.26. The molecule has 0 aliphatic heterocycles. The summed E-state index contributed by atoms with van der Waals surface area (Å²) in [5, 5.41) is 20.7. The van der Waals surface area contributed by atoms with Gasteiger partial charge in [0.25, 0.3) is 11.2 Å². The number of Topliss-reactive ketones (excluding diaryl/α,β-unsaturated/α-hetero) is 1. The van der Waals surface area contributed by atoms with E-state index in [-0.39, 0.29) is 34.8 Å². The Morgan fingerprint density at radius 3 is 2.56 bits per heavy atom. The molecule has 0 aliphatic carbocycles. The number of nitro benzene ring substituents is 1. The Labute approximate surface area is 144 Å². The lowest BCUT2D eigenvalue weighted by Gasteiger charge is -2.12. The van der Waals surface area contributed by atoms with E-state index >= 15 is 0 Å². The normalized spacial score (nSPS) is 10.5. The molecule has 0 amide bonds. The van der Waals surface area contributed by atoms with E-state index in [1.54, 1.807) is 0 Å². The number of anilines is 1. The van der Waals surface area contributed by atoms with Crippen LogP contribution in [0.25, 0.3) is 0 Å². The highest BCUT2D eigenvalue weighted by atomic mass is 16.6. The number of rotatable bonds is 7. The van der Waals surface area contributed by atoms with Gasteiger partial charge in [-0.2, -0.15) is 5.10 Å². The van der Waals surface area contributed by atoms with Gasteiger partial charge in [-0.1, -0.05) is 13.8 Å². The molecular weight excluding hydrogens is 324 g/mol. The summed E-state index contributed by atoms with van der Waals surface area (Å²) >= 11 is 0. The summed E-state index contributed by atoms with van der Waals surface area (Å²) in [5.74, 6) is -0.249. The van der Waals surface area contributed by atoms with Crippen molar-refractivity contribution in [3.63, 3.8) is 0 Å². The number of nitrogens with zero attached hydrogens (tertiary/aromatic N) is 2. The second kappa shape index (κ2) is 7.69. The zero-order valence-electron chi connectivity index (χ0n) is 14.4. The van der Waals surface area contributed by atoms with Crippen LogP contribution in [0.1, 0.15) is 48.0 Å². The lowest BCUT2D eigenvalue weighted by Crippen LogP contribution is -2.22. The molecule has 0 unspecified atom stereocenters. The predicted octanol–water partition coefficient (Wildman–Crippen LogP) is 2.62. The van der Waals surface area contributed by atoms with Gasteiger partial charge in [-0.25, -0.2) is 5.10 Å². The SMILES string of the molecule is CCc1n[nH]c(=O)c(CNc2ccc(C(C)=O)cc2[N+](=O)[O-])c1CC. The molecule has 1 heterocycles. The van der Waals surface area contributed by atoms with Gasteiger partial charge in [-0.15, -0.1) is 0 Å².